The number of hydrogen-bond donors (Lipinski definition) is 0. The minimum Gasteiger partial charge on any atom is -0.117 e. The summed E-state index contributed by atoms with van der Waals surface area (Å²) in [6.45, 7) is 6.11. The highest BCUT2D eigenvalue weighted by Gasteiger charge is 1.97. The Labute approximate surface area is 82.1 Å². The fourth-order valence-corrected chi connectivity index (χ4v) is 1.27. The summed E-state index contributed by atoms with van der Waals surface area (Å²) >= 11 is 0. The van der Waals surface area contributed by atoms with Crippen LogP contribution in [0.3, 0.4) is 0 Å². The van der Waals surface area contributed by atoms with Gasteiger partial charge in [0.25, 0.3) is 0 Å². The van der Waals surface area contributed by atoms with Crippen molar-refractivity contribution in [2.24, 2.45) is 5.92 Å². The Morgan fingerprint density at radius 2 is 2.31 bits per heavy atom. The molecule has 0 nitrogen and oxygen atoms in total. The summed E-state index contributed by atoms with van der Waals surface area (Å²) in [5, 5.41) is 0. The zero-order valence-corrected chi connectivity index (χ0v) is 8.59. The molecule has 0 N–H and O–H groups in total. The van der Waals surface area contributed by atoms with Crippen LogP contribution in [0.5, 0.6) is 0 Å². The summed E-state index contributed by atoms with van der Waals surface area (Å²) < 4.78 is 0. The average Bonchev–Trinajstić information content (AvgIpc) is 2.27. The molecule has 0 heterocycles. The van der Waals surface area contributed by atoms with E-state index in [0.29, 0.717) is 5.92 Å². The van der Waals surface area contributed by atoms with Crippen molar-refractivity contribution < 1.29 is 0 Å². The van der Waals surface area contributed by atoms with Crippen LogP contribution in [0, 0.1) is 5.92 Å². The van der Waals surface area contributed by atoms with Gasteiger partial charge >= 0.3 is 0 Å². The third kappa shape index (κ3) is 3.98. The van der Waals surface area contributed by atoms with Crippen molar-refractivity contribution in [1.29, 1.82) is 0 Å². The van der Waals surface area contributed by atoms with Gasteiger partial charge in [-0.25, -0.2) is 0 Å². The third-order valence-corrected chi connectivity index (χ3v) is 2.18. The first-order valence-electron chi connectivity index (χ1n) is 4.88. The molecule has 0 saturated heterocycles. The lowest BCUT2D eigenvalue weighted by Crippen LogP contribution is -1.83. The van der Waals surface area contributed by atoms with Crippen LogP contribution in [0.2, 0.25) is 0 Å². The van der Waals surface area contributed by atoms with Crippen LogP contribution < -0.4 is 0 Å². The van der Waals surface area contributed by atoms with E-state index in [1.807, 2.05) is 0 Å². The summed E-state index contributed by atoms with van der Waals surface area (Å²) in [6, 6.07) is 0. The highest BCUT2D eigenvalue weighted by atomic mass is 14.0. The molecular weight excluding hydrogens is 155 g/mol. The zero-order chi connectivity index (χ0) is 9.68. The first-order valence-corrected chi connectivity index (χ1v) is 4.88. The van der Waals surface area contributed by atoms with E-state index in [4.69, 9.17) is 0 Å². The van der Waals surface area contributed by atoms with Gasteiger partial charge < -0.3 is 0 Å². The molecule has 1 aliphatic carbocycles. The zero-order valence-electron chi connectivity index (χ0n) is 8.59. The summed E-state index contributed by atoms with van der Waals surface area (Å²) in [5.74, 6) is 0.568. The molecule has 1 heteroatoms. The second kappa shape index (κ2) is 4.91. The van der Waals surface area contributed by atoms with E-state index in [2.05, 4.69) is 51.7 Å². The fourth-order valence-electron chi connectivity index (χ4n) is 1.27. The number of hydrogen-bond acceptors (Lipinski definition) is 0. The quantitative estimate of drug-likeness (QED) is 0.574. The molecule has 1 aliphatic rings. The molecular formula is C12H17B. The average molecular weight is 172 g/mol. The minimum absolute atomic E-state index is 0.568. The molecule has 1 rings (SSSR count). The summed E-state index contributed by atoms with van der Waals surface area (Å²) in [5.41, 5.74) is 2.67. The second-order valence-corrected chi connectivity index (χ2v) is 3.80. The van der Waals surface area contributed by atoms with Crippen LogP contribution in [0.25, 0.3) is 0 Å². The van der Waals surface area contributed by atoms with E-state index < -0.39 is 0 Å². The molecule has 0 aromatic carbocycles. The highest BCUT2D eigenvalue weighted by molar-refractivity contribution is 6.21. The Hall–Kier alpha value is -0.975. The van der Waals surface area contributed by atoms with Crippen LogP contribution in [-0.2, 0) is 0 Å². The Morgan fingerprint density at radius 3 is 3.00 bits per heavy atom. The molecule has 0 fully saturated rings. The smallest absolute Gasteiger partial charge is 0.117 e. The second-order valence-electron chi connectivity index (χ2n) is 3.80. The van der Waals surface area contributed by atoms with E-state index in [1.165, 1.54) is 11.0 Å². The standard InChI is InChI=1S/C12H17B/c1-10-4-3-5-12(8-6-10)9-7-11(2)13/h3-6,8,10H,2,7,9,13H2,1H3. The maximum Gasteiger partial charge on any atom is 0.133 e. The molecule has 68 valence electrons. The van der Waals surface area contributed by atoms with Crippen molar-refractivity contribution in [3.63, 3.8) is 0 Å². The van der Waals surface area contributed by atoms with Gasteiger partial charge in [-0.3, -0.25) is 0 Å². The predicted molar refractivity (Wildman–Crippen MR) is 62.4 cm³/mol. The first kappa shape index (κ1) is 10.1. The van der Waals surface area contributed by atoms with Crippen molar-refractivity contribution in [2.45, 2.75) is 19.8 Å². The summed E-state index contributed by atoms with van der Waals surface area (Å²) in [4.78, 5) is 0. The lowest BCUT2D eigenvalue weighted by Gasteiger charge is -2.00. The van der Waals surface area contributed by atoms with Crippen LogP contribution >= 0.6 is 0 Å². The van der Waals surface area contributed by atoms with E-state index in [1.54, 1.807) is 0 Å². The molecule has 0 radical (unpaired) electrons. The van der Waals surface area contributed by atoms with Crippen LogP contribution in [0.15, 0.2) is 48.0 Å². The third-order valence-electron chi connectivity index (χ3n) is 2.18. The first-order chi connectivity index (χ1) is 6.18. The van der Waals surface area contributed by atoms with Gasteiger partial charge in [-0.05, 0) is 24.3 Å². The monoisotopic (exact) mass is 172 g/mol. The predicted octanol–water partition coefficient (Wildman–Crippen LogP) is 2.60. The van der Waals surface area contributed by atoms with Gasteiger partial charge in [-0.1, -0.05) is 37.3 Å². The maximum atomic E-state index is 3.91. The molecule has 0 aromatic heterocycles. The van der Waals surface area contributed by atoms with E-state index in [-0.39, 0.29) is 0 Å². The molecule has 1 unspecified atom stereocenters. The number of rotatable bonds is 3. The van der Waals surface area contributed by atoms with Gasteiger partial charge in [0.2, 0.25) is 0 Å². The van der Waals surface area contributed by atoms with Gasteiger partial charge in [0.1, 0.15) is 7.85 Å². The van der Waals surface area contributed by atoms with Crippen LogP contribution in [0.4, 0.5) is 0 Å². The molecule has 0 aromatic rings. The van der Waals surface area contributed by atoms with Crippen molar-refractivity contribution in [3.05, 3.63) is 48.0 Å². The molecule has 0 spiro atoms. The normalized spacial score (nSPS) is 21.0. The van der Waals surface area contributed by atoms with Crippen molar-refractivity contribution in [3.8, 4) is 0 Å². The Morgan fingerprint density at radius 1 is 1.54 bits per heavy atom. The largest absolute Gasteiger partial charge is 0.133 e. The molecule has 1 atom stereocenters. The molecule has 0 aliphatic heterocycles. The van der Waals surface area contributed by atoms with Gasteiger partial charge in [-0.2, -0.15) is 0 Å². The Balaban J connectivity index is 2.51. The number of allylic oxidation sites excluding steroid dienone is 7. The summed E-state index contributed by atoms with van der Waals surface area (Å²) in [6.07, 6.45) is 13.2. The lowest BCUT2D eigenvalue weighted by atomic mass is 9.91. The Bertz CT molecular complexity index is 269. The molecule has 0 bridgehead atoms. The van der Waals surface area contributed by atoms with Gasteiger partial charge in [-0.15, -0.1) is 12.1 Å². The van der Waals surface area contributed by atoms with Crippen molar-refractivity contribution in [2.75, 3.05) is 0 Å². The minimum atomic E-state index is 0.568. The SMILES string of the molecule is BC(=C)CCC1=CC=CC(C)C=C1. The van der Waals surface area contributed by atoms with Gasteiger partial charge in [0, 0.05) is 0 Å². The summed E-state index contributed by atoms with van der Waals surface area (Å²) in [7, 11) is 2.08. The fraction of sp³-hybridized carbons (Fsp3) is 0.333. The van der Waals surface area contributed by atoms with E-state index in [9.17, 15) is 0 Å². The van der Waals surface area contributed by atoms with E-state index in [0.717, 1.165) is 12.8 Å². The van der Waals surface area contributed by atoms with E-state index >= 15 is 0 Å². The molecule has 0 amide bonds. The van der Waals surface area contributed by atoms with Gasteiger partial charge in [0.15, 0.2) is 0 Å². The van der Waals surface area contributed by atoms with Gasteiger partial charge in [0.05, 0.1) is 0 Å². The highest BCUT2D eigenvalue weighted by Crippen LogP contribution is 2.15. The lowest BCUT2D eigenvalue weighted by molar-refractivity contribution is 0.936. The molecule has 0 saturated carbocycles. The molecule has 13 heavy (non-hydrogen) atoms. The Kier molecular flexibility index (Phi) is 3.82. The maximum absolute atomic E-state index is 3.91. The van der Waals surface area contributed by atoms with Crippen LogP contribution in [-0.4, -0.2) is 7.85 Å². The van der Waals surface area contributed by atoms with Crippen molar-refractivity contribution in [1.82, 2.24) is 0 Å². The topological polar surface area (TPSA) is 0 Å². The van der Waals surface area contributed by atoms with Crippen LogP contribution in [0.1, 0.15) is 19.8 Å². The van der Waals surface area contributed by atoms with Crippen molar-refractivity contribution >= 4 is 7.85 Å².